The van der Waals surface area contributed by atoms with Crippen molar-refractivity contribution in [2.45, 2.75) is 13.0 Å². The number of nitrogens with zero attached hydrogens (tertiary/aromatic N) is 3. The SMILES string of the molecule is O=C(Nc1nc(-c2ccccn2)cs1)C1CC(=O)N(Cc2ccc(F)cc2)C1. The van der Waals surface area contributed by atoms with Gasteiger partial charge in [-0.25, -0.2) is 9.37 Å². The molecule has 1 aromatic carbocycles. The number of hydrogen-bond donors (Lipinski definition) is 1. The first kappa shape index (κ1) is 18.2. The Balaban J connectivity index is 1.37. The van der Waals surface area contributed by atoms with Crippen LogP contribution in [0.5, 0.6) is 0 Å². The summed E-state index contributed by atoms with van der Waals surface area (Å²) in [5.41, 5.74) is 2.26. The molecule has 142 valence electrons. The lowest BCUT2D eigenvalue weighted by molar-refractivity contribution is -0.128. The summed E-state index contributed by atoms with van der Waals surface area (Å²) < 4.78 is 13.0. The number of hydrogen-bond acceptors (Lipinski definition) is 5. The minimum atomic E-state index is -0.435. The van der Waals surface area contributed by atoms with Gasteiger partial charge in [-0.1, -0.05) is 18.2 Å². The predicted molar refractivity (Wildman–Crippen MR) is 104 cm³/mol. The molecule has 1 N–H and O–H groups in total. The molecule has 1 atom stereocenters. The van der Waals surface area contributed by atoms with Crippen LogP contribution in [0, 0.1) is 11.7 Å². The molecule has 2 aromatic heterocycles. The third kappa shape index (κ3) is 4.07. The summed E-state index contributed by atoms with van der Waals surface area (Å²) in [7, 11) is 0. The van der Waals surface area contributed by atoms with E-state index in [2.05, 4.69) is 15.3 Å². The van der Waals surface area contributed by atoms with Crippen molar-refractivity contribution in [1.29, 1.82) is 0 Å². The van der Waals surface area contributed by atoms with Gasteiger partial charge in [-0.05, 0) is 29.8 Å². The Morgan fingerprint density at radius 1 is 1.21 bits per heavy atom. The number of likely N-dealkylation sites (tertiary alicyclic amines) is 1. The lowest BCUT2D eigenvalue weighted by Crippen LogP contribution is -2.28. The summed E-state index contributed by atoms with van der Waals surface area (Å²) in [5.74, 6) is -1.06. The van der Waals surface area contributed by atoms with E-state index >= 15 is 0 Å². The number of rotatable bonds is 5. The number of thiazole rings is 1. The second-order valence-electron chi connectivity index (χ2n) is 6.54. The van der Waals surface area contributed by atoms with Gasteiger partial charge in [-0.15, -0.1) is 11.3 Å². The summed E-state index contributed by atoms with van der Waals surface area (Å²) in [5, 5.41) is 5.11. The maximum atomic E-state index is 13.0. The van der Waals surface area contributed by atoms with Crippen LogP contribution in [0.2, 0.25) is 0 Å². The topological polar surface area (TPSA) is 75.2 Å². The lowest BCUT2D eigenvalue weighted by atomic mass is 10.1. The molecule has 6 nitrogen and oxygen atoms in total. The molecule has 0 saturated carbocycles. The van der Waals surface area contributed by atoms with E-state index in [-0.39, 0.29) is 24.1 Å². The zero-order valence-electron chi connectivity index (χ0n) is 14.8. The average molecular weight is 396 g/mol. The van der Waals surface area contributed by atoms with Gasteiger partial charge < -0.3 is 10.2 Å². The first-order valence-electron chi connectivity index (χ1n) is 8.78. The monoisotopic (exact) mass is 396 g/mol. The molecule has 4 rings (SSSR count). The van der Waals surface area contributed by atoms with Crippen molar-refractivity contribution in [2.24, 2.45) is 5.92 Å². The Labute approximate surface area is 165 Å². The van der Waals surface area contributed by atoms with Crippen LogP contribution in [-0.4, -0.2) is 33.2 Å². The number of anilines is 1. The normalized spacial score (nSPS) is 16.4. The summed E-state index contributed by atoms with van der Waals surface area (Å²) in [6.45, 7) is 0.699. The summed E-state index contributed by atoms with van der Waals surface area (Å²) in [6.07, 6.45) is 1.85. The van der Waals surface area contributed by atoms with Crippen LogP contribution in [0.15, 0.2) is 54.0 Å². The highest BCUT2D eigenvalue weighted by molar-refractivity contribution is 7.14. The van der Waals surface area contributed by atoms with Crippen LogP contribution >= 0.6 is 11.3 Å². The fourth-order valence-electron chi connectivity index (χ4n) is 3.08. The van der Waals surface area contributed by atoms with Crippen LogP contribution in [-0.2, 0) is 16.1 Å². The van der Waals surface area contributed by atoms with Crippen molar-refractivity contribution in [1.82, 2.24) is 14.9 Å². The molecule has 3 heterocycles. The van der Waals surface area contributed by atoms with Crippen molar-refractivity contribution in [3.63, 3.8) is 0 Å². The quantitative estimate of drug-likeness (QED) is 0.718. The number of carbonyl (C=O) groups excluding carboxylic acids is 2. The average Bonchev–Trinajstić information content (AvgIpc) is 3.31. The van der Waals surface area contributed by atoms with Crippen molar-refractivity contribution in [3.8, 4) is 11.4 Å². The highest BCUT2D eigenvalue weighted by Gasteiger charge is 2.34. The van der Waals surface area contributed by atoms with Crippen LogP contribution < -0.4 is 5.32 Å². The second-order valence-corrected chi connectivity index (χ2v) is 7.40. The number of pyridine rings is 1. The van der Waals surface area contributed by atoms with E-state index in [1.165, 1.54) is 23.5 Å². The number of halogens is 1. The summed E-state index contributed by atoms with van der Waals surface area (Å²) >= 11 is 1.32. The van der Waals surface area contributed by atoms with Gasteiger partial charge in [0, 0.05) is 31.1 Å². The summed E-state index contributed by atoms with van der Waals surface area (Å²) in [4.78, 5) is 35.1. The maximum absolute atomic E-state index is 13.0. The molecule has 8 heteroatoms. The highest BCUT2D eigenvalue weighted by Crippen LogP contribution is 2.26. The minimum absolute atomic E-state index is 0.0854. The van der Waals surface area contributed by atoms with Crippen LogP contribution in [0.4, 0.5) is 9.52 Å². The predicted octanol–water partition coefficient (Wildman–Crippen LogP) is 3.33. The number of amides is 2. The van der Waals surface area contributed by atoms with Crippen molar-refractivity contribution < 1.29 is 14.0 Å². The van der Waals surface area contributed by atoms with E-state index < -0.39 is 5.92 Å². The third-order valence-electron chi connectivity index (χ3n) is 4.53. The largest absolute Gasteiger partial charge is 0.338 e. The molecule has 0 aliphatic carbocycles. The van der Waals surface area contributed by atoms with Gasteiger partial charge in [0.1, 0.15) is 11.5 Å². The Hall–Kier alpha value is -3.13. The van der Waals surface area contributed by atoms with Crippen molar-refractivity contribution >= 4 is 28.3 Å². The molecule has 1 saturated heterocycles. The molecule has 1 unspecified atom stereocenters. The third-order valence-corrected chi connectivity index (χ3v) is 5.29. The standard InChI is InChI=1S/C20H17FN4O2S/c21-15-6-4-13(5-7-15)10-25-11-14(9-18(25)26)19(27)24-20-23-17(12-28-20)16-3-1-2-8-22-16/h1-8,12,14H,9-11H2,(H,23,24,27). The minimum Gasteiger partial charge on any atom is -0.338 e. The fourth-order valence-corrected chi connectivity index (χ4v) is 3.79. The van der Waals surface area contributed by atoms with Gasteiger partial charge >= 0.3 is 0 Å². The molecule has 1 fully saturated rings. The van der Waals surface area contributed by atoms with E-state index in [0.717, 1.165) is 11.3 Å². The zero-order valence-corrected chi connectivity index (χ0v) is 15.7. The molecule has 2 amide bonds. The van der Waals surface area contributed by atoms with E-state index in [1.807, 2.05) is 23.6 Å². The Morgan fingerprint density at radius 2 is 2.04 bits per heavy atom. The zero-order chi connectivity index (χ0) is 19.5. The molecular weight excluding hydrogens is 379 g/mol. The molecule has 28 heavy (non-hydrogen) atoms. The van der Waals surface area contributed by atoms with Crippen molar-refractivity contribution in [3.05, 3.63) is 65.4 Å². The van der Waals surface area contributed by atoms with Gasteiger partial charge in [-0.2, -0.15) is 0 Å². The fraction of sp³-hybridized carbons (Fsp3) is 0.200. The van der Waals surface area contributed by atoms with Crippen molar-refractivity contribution in [2.75, 3.05) is 11.9 Å². The van der Waals surface area contributed by atoms with Crippen LogP contribution in [0.1, 0.15) is 12.0 Å². The molecule has 0 radical (unpaired) electrons. The van der Waals surface area contributed by atoms with Gasteiger partial charge in [0.25, 0.3) is 0 Å². The Kier molecular flexibility index (Phi) is 5.12. The lowest BCUT2D eigenvalue weighted by Gasteiger charge is -2.16. The van der Waals surface area contributed by atoms with Crippen LogP contribution in [0.3, 0.4) is 0 Å². The molecular formula is C20H17FN4O2S. The molecule has 0 bridgehead atoms. The van der Waals surface area contributed by atoms with E-state index in [0.29, 0.717) is 23.9 Å². The Morgan fingerprint density at radius 3 is 2.79 bits per heavy atom. The molecule has 0 spiro atoms. The van der Waals surface area contributed by atoms with E-state index in [1.54, 1.807) is 23.2 Å². The first-order valence-corrected chi connectivity index (χ1v) is 9.66. The molecule has 1 aliphatic rings. The smallest absolute Gasteiger partial charge is 0.231 e. The number of aromatic nitrogens is 2. The maximum Gasteiger partial charge on any atom is 0.231 e. The number of carbonyl (C=O) groups is 2. The van der Waals surface area contributed by atoms with Crippen LogP contribution in [0.25, 0.3) is 11.4 Å². The first-order chi connectivity index (χ1) is 13.6. The van der Waals surface area contributed by atoms with E-state index in [9.17, 15) is 14.0 Å². The van der Waals surface area contributed by atoms with Gasteiger partial charge in [0.05, 0.1) is 11.6 Å². The number of nitrogens with one attached hydrogen (secondary N) is 1. The van der Waals surface area contributed by atoms with E-state index in [4.69, 9.17) is 0 Å². The molecule has 1 aliphatic heterocycles. The number of benzene rings is 1. The van der Waals surface area contributed by atoms with Gasteiger partial charge in [0.2, 0.25) is 11.8 Å². The van der Waals surface area contributed by atoms with Gasteiger partial charge in [-0.3, -0.25) is 14.6 Å². The van der Waals surface area contributed by atoms with Gasteiger partial charge in [0.15, 0.2) is 5.13 Å². The summed E-state index contributed by atoms with van der Waals surface area (Å²) in [6, 6.07) is 11.6. The second kappa shape index (κ2) is 7.85. The highest BCUT2D eigenvalue weighted by atomic mass is 32.1. The Bertz CT molecular complexity index is 991. The molecule has 3 aromatic rings.